The average molecular weight is 228 g/mol. The summed E-state index contributed by atoms with van der Waals surface area (Å²) in [5.41, 5.74) is 1.66. The van der Waals surface area contributed by atoms with E-state index in [1.165, 1.54) is 0 Å². The first-order valence-corrected chi connectivity index (χ1v) is 5.85. The maximum atomic E-state index is 12.3. The van der Waals surface area contributed by atoms with Gasteiger partial charge >= 0.3 is 0 Å². The van der Waals surface area contributed by atoms with Gasteiger partial charge in [-0.05, 0) is 18.6 Å². The van der Waals surface area contributed by atoms with Crippen LogP contribution in [0.25, 0.3) is 5.69 Å². The Hall–Kier alpha value is -1.90. The maximum Gasteiger partial charge on any atom is 0.167 e. The molecule has 1 atom stereocenters. The fourth-order valence-electron chi connectivity index (χ4n) is 1.76. The summed E-state index contributed by atoms with van der Waals surface area (Å²) in [4.78, 5) is 16.3. The molecule has 1 aromatic heterocycles. The number of ketones is 1. The maximum absolute atomic E-state index is 12.3. The topological polar surface area (TPSA) is 34.9 Å². The van der Waals surface area contributed by atoms with E-state index in [-0.39, 0.29) is 11.7 Å². The predicted molar refractivity (Wildman–Crippen MR) is 67.3 cm³/mol. The van der Waals surface area contributed by atoms with E-state index in [9.17, 15) is 4.79 Å². The van der Waals surface area contributed by atoms with Crippen LogP contribution >= 0.6 is 0 Å². The van der Waals surface area contributed by atoms with Gasteiger partial charge in [0.15, 0.2) is 5.78 Å². The molecule has 17 heavy (non-hydrogen) atoms. The van der Waals surface area contributed by atoms with Gasteiger partial charge in [0.2, 0.25) is 0 Å². The lowest BCUT2D eigenvalue weighted by molar-refractivity contribution is 0.0927. The third-order valence-corrected chi connectivity index (χ3v) is 3.01. The lowest BCUT2D eigenvalue weighted by Crippen LogP contribution is -2.13. The van der Waals surface area contributed by atoms with Gasteiger partial charge in [0.1, 0.15) is 0 Å². The molecular formula is C14H16N2O. The van der Waals surface area contributed by atoms with Gasteiger partial charge < -0.3 is 4.57 Å². The van der Waals surface area contributed by atoms with E-state index in [1.807, 2.05) is 48.9 Å². The Kier molecular flexibility index (Phi) is 3.38. The van der Waals surface area contributed by atoms with Crippen LogP contribution in [0.4, 0.5) is 0 Å². The van der Waals surface area contributed by atoms with Crippen LogP contribution in [-0.2, 0) is 0 Å². The Labute approximate surface area is 101 Å². The number of rotatable bonds is 4. The summed E-state index contributed by atoms with van der Waals surface area (Å²) in [6.07, 6.45) is 6.13. The summed E-state index contributed by atoms with van der Waals surface area (Å²) in [5, 5.41) is 0. The van der Waals surface area contributed by atoms with Crippen LogP contribution in [-0.4, -0.2) is 15.3 Å². The Morgan fingerprint density at radius 1 is 1.41 bits per heavy atom. The first-order valence-electron chi connectivity index (χ1n) is 5.85. The second-order valence-electron chi connectivity index (χ2n) is 4.16. The minimum absolute atomic E-state index is 0.0553. The molecule has 0 aliphatic rings. The van der Waals surface area contributed by atoms with Crippen molar-refractivity contribution in [2.75, 3.05) is 0 Å². The molecule has 3 heteroatoms. The second kappa shape index (κ2) is 4.95. The van der Waals surface area contributed by atoms with E-state index in [0.717, 1.165) is 17.7 Å². The number of hydrogen-bond donors (Lipinski definition) is 0. The van der Waals surface area contributed by atoms with Gasteiger partial charge in [0.25, 0.3) is 0 Å². The van der Waals surface area contributed by atoms with Crippen molar-refractivity contribution in [1.82, 2.24) is 9.55 Å². The van der Waals surface area contributed by atoms with Gasteiger partial charge in [-0.25, -0.2) is 4.98 Å². The van der Waals surface area contributed by atoms with Crippen LogP contribution in [0.2, 0.25) is 0 Å². The van der Waals surface area contributed by atoms with Crippen LogP contribution in [0.1, 0.15) is 30.6 Å². The summed E-state index contributed by atoms with van der Waals surface area (Å²) in [5.74, 6) is 0.247. The highest BCUT2D eigenvalue weighted by atomic mass is 16.1. The minimum Gasteiger partial charge on any atom is -0.306 e. The molecule has 0 amide bonds. The van der Waals surface area contributed by atoms with E-state index < -0.39 is 0 Å². The minimum atomic E-state index is 0.0553. The SMILES string of the molecule is CCC(C)C(=O)c1ccccc1-n1ccnc1. The normalized spacial score (nSPS) is 12.4. The van der Waals surface area contributed by atoms with Gasteiger partial charge in [0, 0.05) is 23.9 Å². The van der Waals surface area contributed by atoms with Gasteiger partial charge in [0.05, 0.1) is 12.0 Å². The molecular weight excluding hydrogens is 212 g/mol. The van der Waals surface area contributed by atoms with E-state index in [2.05, 4.69) is 4.98 Å². The predicted octanol–water partition coefficient (Wildman–Crippen LogP) is 3.10. The van der Waals surface area contributed by atoms with Crippen molar-refractivity contribution in [3.05, 3.63) is 48.5 Å². The van der Waals surface area contributed by atoms with Crippen LogP contribution in [0, 0.1) is 5.92 Å². The highest BCUT2D eigenvalue weighted by molar-refractivity contribution is 6.00. The monoisotopic (exact) mass is 228 g/mol. The van der Waals surface area contributed by atoms with Crippen LogP contribution in [0.5, 0.6) is 0 Å². The number of carbonyl (C=O) groups is 1. The van der Waals surface area contributed by atoms with Crippen LogP contribution in [0.15, 0.2) is 43.0 Å². The van der Waals surface area contributed by atoms with Crippen molar-refractivity contribution >= 4 is 5.78 Å². The van der Waals surface area contributed by atoms with Crippen LogP contribution < -0.4 is 0 Å². The molecule has 0 saturated heterocycles. The van der Waals surface area contributed by atoms with Gasteiger partial charge in [-0.2, -0.15) is 0 Å². The molecule has 0 bridgehead atoms. The molecule has 0 spiro atoms. The van der Waals surface area contributed by atoms with Crippen molar-refractivity contribution in [3.63, 3.8) is 0 Å². The zero-order valence-corrected chi connectivity index (χ0v) is 10.1. The third kappa shape index (κ3) is 2.28. The first kappa shape index (κ1) is 11.6. The number of para-hydroxylation sites is 1. The molecule has 2 aromatic rings. The van der Waals surface area contributed by atoms with E-state index >= 15 is 0 Å². The Morgan fingerprint density at radius 2 is 2.18 bits per heavy atom. The molecule has 3 nitrogen and oxygen atoms in total. The molecule has 2 rings (SSSR count). The lowest BCUT2D eigenvalue weighted by atomic mass is 9.96. The molecule has 0 saturated carbocycles. The fourth-order valence-corrected chi connectivity index (χ4v) is 1.76. The van der Waals surface area contributed by atoms with Gasteiger partial charge in [-0.1, -0.05) is 26.0 Å². The smallest absolute Gasteiger partial charge is 0.167 e. The van der Waals surface area contributed by atoms with Crippen molar-refractivity contribution in [2.45, 2.75) is 20.3 Å². The van der Waals surface area contributed by atoms with E-state index in [1.54, 1.807) is 12.5 Å². The number of Topliss-reactive ketones (excluding diaryl/α,β-unsaturated/α-hetero) is 1. The summed E-state index contributed by atoms with van der Waals surface area (Å²) in [7, 11) is 0. The lowest BCUT2D eigenvalue weighted by Gasteiger charge is -2.12. The highest BCUT2D eigenvalue weighted by Crippen LogP contribution is 2.19. The summed E-state index contributed by atoms with van der Waals surface area (Å²) in [6.45, 7) is 4.00. The van der Waals surface area contributed by atoms with Gasteiger partial charge in [-0.3, -0.25) is 4.79 Å². The Balaban J connectivity index is 2.45. The number of aromatic nitrogens is 2. The zero-order chi connectivity index (χ0) is 12.3. The zero-order valence-electron chi connectivity index (χ0n) is 10.1. The number of nitrogens with zero attached hydrogens (tertiary/aromatic N) is 2. The first-order chi connectivity index (χ1) is 8.24. The second-order valence-corrected chi connectivity index (χ2v) is 4.16. The standard InChI is InChI=1S/C14H16N2O/c1-3-11(2)14(17)12-6-4-5-7-13(12)16-9-8-15-10-16/h4-11H,3H2,1-2H3. The van der Waals surface area contributed by atoms with Crippen molar-refractivity contribution < 1.29 is 4.79 Å². The quantitative estimate of drug-likeness (QED) is 0.754. The third-order valence-electron chi connectivity index (χ3n) is 3.01. The van der Waals surface area contributed by atoms with E-state index in [0.29, 0.717) is 0 Å². The van der Waals surface area contributed by atoms with Crippen molar-refractivity contribution in [3.8, 4) is 5.69 Å². The number of benzene rings is 1. The number of hydrogen-bond acceptors (Lipinski definition) is 2. The van der Waals surface area contributed by atoms with Crippen LogP contribution in [0.3, 0.4) is 0 Å². The number of carbonyl (C=O) groups excluding carboxylic acids is 1. The van der Waals surface area contributed by atoms with E-state index in [4.69, 9.17) is 0 Å². The molecule has 0 N–H and O–H groups in total. The largest absolute Gasteiger partial charge is 0.306 e. The Bertz CT molecular complexity index is 503. The van der Waals surface area contributed by atoms with Gasteiger partial charge in [-0.15, -0.1) is 0 Å². The molecule has 88 valence electrons. The molecule has 0 aliphatic carbocycles. The molecule has 0 fully saturated rings. The van der Waals surface area contributed by atoms with Crippen molar-refractivity contribution in [2.24, 2.45) is 5.92 Å². The molecule has 1 aromatic carbocycles. The highest BCUT2D eigenvalue weighted by Gasteiger charge is 2.17. The molecule has 1 heterocycles. The summed E-state index contributed by atoms with van der Waals surface area (Å²) >= 11 is 0. The summed E-state index contributed by atoms with van der Waals surface area (Å²) in [6, 6.07) is 7.65. The number of imidazole rings is 1. The fraction of sp³-hybridized carbons (Fsp3) is 0.286. The average Bonchev–Trinajstić information content (AvgIpc) is 2.90. The molecule has 0 radical (unpaired) electrons. The summed E-state index contributed by atoms with van der Waals surface area (Å²) < 4.78 is 1.87. The van der Waals surface area contributed by atoms with Crippen molar-refractivity contribution in [1.29, 1.82) is 0 Å². The Morgan fingerprint density at radius 3 is 2.82 bits per heavy atom. The molecule has 0 aliphatic heterocycles. The molecule has 1 unspecified atom stereocenters.